The third-order valence-electron chi connectivity index (χ3n) is 4.87. The zero-order chi connectivity index (χ0) is 14.2. The van der Waals surface area contributed by atoms with Crippen LogP contribution in [0.3, 0.4) is 0 Å². The van der Waals surface area contributed by atoms with Crippen LogP contribution in [0.5, 0.6) is 0 Å². The molecule has 3 rings (SSSR count). The molecular formula is C16H21ClINO. The summed E-state index contributed by atoms with van der Waals surface area (Å²) in [5.74, 6) is 0.508. The van der Waals surface area contributed by atoms with E-state index in [1.807, 2.05) is 12.1 Å². The molecule has 0 radical (unpaired) electrons. The van der Waals surface area contributed by atoms with E-state index in [1.54, 1.807) is 0 Å². The summed E-state index contributed by atoms with van der Waals surface area (Å²) in [6.45, 7) is 0.857. The van der Waals surface area contributed by atoms with Gasteiger partial charge in [0.25, 0.3) is 0 Å². The van der Waals surface area contributed by atoms with Crippen LogP contribution in [0, 0.1) is 9.49 Å². The van der Waals surface area contributed by atoms with E-state index in [1.165, 1.54) is 34.8 Å². The van der Waals surface area contributed by atoms with Gasteiger partial charge in [-0.1, -0.05) is 24.4 Å². The van der Waals surface area contributed by atoms with Crippen molar-refractivity contribution in [2.75, 3.05) is 6.61 Å². The number of halogens is 2. The Hall–Kier alpha value is 0.160. The highest BCUT2D eigenvalue weighted by atomic mass is 127. The van der Waals surface area contributed by atoms with Crippen molar-refractivity contribution in [2.24, 2.45) is 11.7 Å². The number of nitrogens with two attached hydrogens (primary N) is 1. The first-order chi connectivity index (χ1) is 9.60. The van der Waals surface area contributed by atoms with Gasteiger partial charge < -0.3 is 10.5 Å². The maximum Gasteiger partial charge on any atom is 0.0685 e. The van der Waals surface area contributed by atoms with Gasteiger partial charge in [0.05, 0.1) is 5.60 Å². The van der Waals surface area contributed by atoms with Gasteiger partial charge in [0.15, 0.2) is 0 Å². The molecule has 20 heavy (non-hydrogen) atoms. The number of rotatable bonds is 2. The average Bonchev–Trinajstić information content (AvgIpc) is 2.88. The lowest BCUT2D eigenvalue weighted by Crippen LogP contribution is -2.40. The minimum Gasteiger partial charge on any atom is -0.375 e. The first-order valence-corrected chi connectivity index (χ1v) is 8.90. The van der Waals surface area contributed by atoms with E-state index >= 15 is 0 Å². The predicted octanol–water partition coefficient (Wildman–Crippen LogP) is 4.68. The third-order valence-corrected chi connectivity index (χ3v) is 6.09. The van der Waals surface area contributed by atoms with E-state index in [2.05, 4.69) is 28.7 Å². The van der Waals surface area contributed by atoms with Crippen molar-refractivity contribution < 1.29 is 4.74 Å². The quantitative estimate of drug-likeness (QED) is 0.725. The summed E-state index contributed by atoms with van der Waals surface area (Å²) in [5.41, 5.74) is 7.89. The van der Waals surface area contributed by atoms with Crippen molar-refractivity contribution in [3.63, 3.8) is 0 Å². The highest BCUT2D eigenvalue weighted by Gasteiger charge is 2.41. The van der Waals surface area contributed by atoms with Gasteiger partial charge in [-0.3, -0.25) is 0 Å². The molecule has 2 aliphatic rings. The molecule has 0 bridgehead atoms. The molecule has 1 aliphatic heterocycles. The summed E-state index contributed by atoms with van der Waals surface area (Å²) < 4.78 is 7.33. The normalized spacial score (nSPS) is 26.9. The topological polar surface area (TPSA) is 35.2 Å². The lowest BCUT2D eigenvalue weighted by Gasteiger charge is -2.40. The Morgan fingerprint density at radius 2 is 2.10 bits per heavy atom. The second-order valence-corrected chi connectivity index (χ2v) is 7.78. The molecule has 2 fully saturated rings. The molecule has 2 atom stereocenters. The van der Waals surface area contributed by atoms with Crippen molar-refractivity contribution in [3.05, 3.63) is 32.4 Å². The SMILES string of the molecule is NC(c1cc(Cl)ccc1I)C1CCOC2(CCCC2)C1. The lowest BCUT2D eigenvalue weighted by molar-refractivity contribution is -0.0964. The molecule has 1 saturated carbocycles. The van der Waals surface area contributed by atoms with E-state index in [0.29, 0.717) is 5.92 Å². The van der Waals surface area contributed by atoms with Gasteiger partial charge in [0, 0.05) is 21.2 Å². The fourth-order valence-electron chi connectivity index (χ4n) is 3.76. The summed E-state index contributed by atoms with van der Waals surface area (Å²) >= 11 is 8.50. The summed E-state index contributed by atoms with van der Waals surface area (Å²) in [5, 5.41) is 0.776. The smallest absolute Gasteiger partial charge is 0.0685 e. The van der Waals surface area contributed by atoms with Crippen LogP contribution in [0.15, 0.2) is 18.2 Å². The molecular weight excluding hydrogens is 385 g/mol. The fourth-order valence-corrected chi connectivity index (χ4v) is 4.64. The summed E-state index contributed by atoms with van der Waals surface area (Å²) in [6.07, 6.45) is 7.20. The lowest BCUT2D eigenvalue weighted by atomic mass is 9.79. The molecule has 110 valence electrons. The molecule has 0 aromatic heterocycles. The Morgan fingerprint density at radius 1 is 1.35 bits per heavy atom. The van der Waals surface area contributed by atoms with Crippen molar-refractivity contribution in [2.45, 2.75) is 50.2 Å². The van der Waals surface area contributed by atoms with Gasteiger partial charge in [0.1, 0.15) is 0 Å². The molecule has 1 saturated heterocycles. The second-order valence-electron chi connectivity index (χ2n) is 6.18. The van der Waals surface area contributed by atoms with Crippen molar-refractivity contribution in [1.29, 1.82) is 0 Å². The first kappa shape index (κ1) is 15.1. The Balaban J connectivity index is 1.79. The number of benzene rings is 1. The molecule has 1 spiro atoms. The van der Waals surface area contributed by atoms with Crippen molar-refractivity contribution >= 4 is 34.2 Å². The Kier molecular flexibility index (Phi) is 4.60. The van der Waals surface area contributed by atoms with Gasteiger partial charge in [-0.15, -0.1) is 0 Å². The average molecular weight is 406 g/mol. The molecule has 2 N–H and O–H groups in total. The first-order valence-electron chi connectivity index (χ1n) is 7.44. The summed E-state index contributed by atoms with van der Waals surface area (Å²) in [6, 6.07) is 6.09. The highest BCUT2D eigenvalue weighted by Crippen LogP contribution is 2.45. The standard InChI is InChI=1S/C16H21ClINO/c17-12-3-4-14(18)13(9-12)15(19)11-5-8-20-16(10-11)6-1-2-7-16/h3-4,9,11,15H,1-2,5-8,10,19H2. The largest absolute Gasteiger partial charge is 0.375 e. The minimum atomic E-state index is 0.0713. The zero-order valence-electron chi connectivity index (χ0n) is 11.6. The Bertz CT molecular complexity index is 487. The van der Waals surface area contributed by atoms with Crippen LogP contribution in [0.2, 0.25) is 5.02 Å². The predicted molar refractivity (Wildman–Crippen MR) is 91.0 cm³/mol. The van der Waals surface area contributed by atoms with E-state index in [9.17, 15) is 0 Å². The summed E-state index contributed by atoms with van der Waals surface area (Å²) in [7, 11) is 0. The molecule has 1 heterocycles. The molecule has 1 aliphatic carbocycles. The monoisotopic (exact) mass is 405 g/mol. The Labute approximate surface area is 139 Å². The Morgan fingerprint density at radius 3 is 2.85 bits per heavy atom. The molecule has 1 aromatic rings. The third kappa shape index (κ3) is 3.01. The second kappa shape index (κ2) is 6.11. The van der Waals surface area contributed by atoms with E-state index in [4.69, 9.17) is 22.1 Å². The van der Waals surface area contributed by atoms with Crippen LogP contribution in [0.1, 0.15) is 50.1 Å². The van der Waals surface area contributed by atoms with Gasteiger partial charge in [-0.25, -0.2) is 0 Å². The maximum atomic E-state index is 6.57. The number of hydrogen-bond donors (Lipinski definition) is 1. The number of ether oxygens (including phenoxy) is 1. The van der Waals surface area contributed by atoms with Gasteiger partial charge in [-0.05, 0) is 78.0 Å². The van der Waals surface area contributed by atoms with E-state index < -0.39 is 0 Å². The van der Waals surface area contributed by atoms with Crippen LogP contribution in [-0.2, 0) is 4.74 Å². The maximum absolute atomic E-state index is 6.57. The zero-order valence-corrected chi connectivity index (χ0v) is 14.5. The van der Waals surface area contributed by atoms with Gasteiger partial charge in [0.2, 0.25) is 0 Å². The van der Waals surface area contributed by atoms with Crippen LogP contribution < -0.4 is 5.73 Å². The van der Waals surface area contributed by atoms with Crippen molar-refractivity contribution in [1.82, 2.24) is 0 Å². The molecule has 1 aromatic carbocycles. The van der Waals surface area contributed by atoms with Crippen LogP contribution in [0.25, 0.3) is 0 Å². The van der Waals surface area contributed by atoms with E-state index in [-0.39, 0.29) is 11.6 Å². The van der Waals surface area contributed by atoms with Crippen LogP contribution in [-0.4, -0.2) is 12.2 Å². The number of hydrogen-bond acceptors (Lipinski definition) is 2. The molecule has 0 amide bonds. The van der Waals surface area contributed by atoms with Gasteiger partial charge in [-0.2, -0.15) is 0 Å². The highest BCUT2D eigenvalue weighted by molar-refractivity contribution is 14.1. The van der Waals surface area contributed by atoms with Crippen molar-refractivity contribution in [3.8, 4) is 0 Å². The molecule has 2 unspecified atom stereocenters. The summed E-state index contributed by atoms with van der Waals surface area (Å²) in [4.78, 5) is 0. The molecule has 4 heteroatoms. The molecule has 2 nitrogen and oxygen atoms in total. The van der Waals surface area contributed by atoms with Crippen LogP contribution >= 0.6 is 34.2 Å². The van der Waals surface area contributed by atoms with E-state index in [0.717, 1.165) is 24.5 Å². The fraction of sp³-hybridized carbons (Fsp3) is 0.625. The minimum absolute atomic E-state index is 0.0713. The van der Waals surface area contributed by atoms with Crippen LogP contribution in [0.4, 0.5) is 0 Å². The van der Waals surface area contributed by atoms with Gasteiger partial charge >= 0.3 is 0 Å².